The third kappa shape index (κ3) is 14.4. The van der Waals surface area contributed by atoms with E-state index in [0.717, 1.165) is 207 Å². The van der Waals surface area contributed by atoms with Crippen LogP contribution in [0.15, 0.2) is 364 Å². The molecule has 0 aliphatic carbocycles. The van der Waals surface area contributed by atoms with E-state index < -0.39 is 0 Å². The summed E-state index contributed by atoms with van der Waals surface area (Å²) in [5, 5.41) is 110. The smallest absolute Gasteiger partial charge is 0.123 e. The Hall–Kier alpha value is -19.0. The van der Waals surface area contributed by atoms with Gasteiger partial charge in [0.1, 0.15) is 48.0 Å². The molecule has 0 saturated carbocycles. The molecule has 24 rings (SSSR count). The average molecular weight is 1790 g/mol. The summed E-state index contributed by atoms with van der Waals surface area (Å²) >= 11 is 0. The van der Waals surface area contributed by atoms with Crippen LogP contribution in [0, 0.1) is 102 Å². The maximum atomic E-state index is 14.0. The first-order chi connectivity index (χ1) is 68.1. The fourth-order valence-electron chi connectivity index (χ4n) is 21.3. The van der Waals surface area contributed by atoms with Gasteiger partial charge in [-0.05, 0) is 372 Å². The number of benzene rings is 24. The van der Waals surface area contributed by atoms with E-state index >= 15 is 0 Å². The van der Waals surface area contributed by atoms with Gasteiger partial charge in [-0.25, -0.2) is 8.78 Å². The van der Waals surface area contributed by atoms with Gasteiger partial charge in [-0.3, -0.25) is 0 Å². The topological polar surface area (TPSA) is 190 Å². The SMILES string of the molecule is CC(C)(C)c1ccc(-c2cc3c4cc(C#N)c(C#N)cc4c4cc(-c5ccc(C(C)(C)C)cc5)c5ccccc5c4c3c3ccccc23)cc1.N#Cc1cc2c(cc1C#N)c1cc(-c3ccc(F)cc3)c3ccccc3c1c1c3ccccc3c(-c3ccc(F)cc3)cc21.N#Cc1ccc(-c2cc3c4cc(C#N)c(C#N)cc4c4cc(-c5ccc(C#N)cc5)c5ccccc5c4c3c3ccccc23)cc1. The van der Waals surface area contributed by atoms with Gasteiger partial charge in [0, 0.05) is 0 Å². The molecule has 0 aliphatic rings. The van der Waals surface area contributed by atoms with Crippen molar-refractivity contribution in [1.82, 2.24) is 0 Å². The molecule has 0 aromatic heterocycles. The predicted octanol–water partition coefficient (Wildman–Crippen LogP) is 34.2. The van der Waals surface area contributed by atoms with Crippen molar-refractivity contribution in [3.63, 3.8) is 0 Å². The third-order valence-corrected chi connectivity index (χ3v) is 28.0. The van der Waals surface area contributed by atoms with E-state index in [1.165, 1.54) is 56.9 Å². The molecule has 24 aromatic rings. The van der Waals surface area contributed by atoms with Crippen LogP contribution >= 0.6 is 0 Å². The average Bonchev–Trinajstić information content (AvgIpc) is 0.707. The summed E-state index contributed by atoms with van der Waals surface area (Å²) in [6.45, 7) is 13.4. The minimum atomic E-state index is -0.304. The second kappa shape index (κ2) is 34.1. The number of nitriles is 8. The van der Waals surface area contributed by atoms with Gasteiger partial charge in [-0.15, -0.1) is 0 Å². The fourth-order valence-corrected chi connectivity index (χ4v) is 21.3. The molecule has 0 N–H and O–H groups in total. The number of fused-ring (bicyclic) bond motifs is 30. The van der Waals surface area contributed by atoms with Gasteiger partial charge in [0.2, 0.25) is 0 Å². The van der Waals surface area contributed by atoms with Gasteiger partial charge >= 0.3 is 0 Å². The molecule has 0 heterocycles. The Bertz CT molecular complexity index is 9340. The standard InChI is InChI=1S/C48H38N2.C42H20N4.C40H20F2N2/c1-47(2,3)33-19-15-29(16-20-33)39-25-43-41-23-31(27-49)32(28-50)24-42(41)44-26-40(30-17-21-34(22-18-30)48(4,5)6)36-12-8-10-14-38(36)46(44)45(43)37-13-9-7-11-35(37)39;43-21-25-9-13-27(14-10-25)35-19-39-37-17-29(23-45)30(24-46)18-38(37)40-20-36(28-15-11-26(22-44)12-16-28)32-6-2-4-8-34(32)42(40)41(39)33-7-3-1-5-31(33)35;41-27-13-9-23(10-14-27)33-19-37-35-17-25(21-43)26(22-44)18-36(35)38-20-34(24-11-15-28(42)16-12-24)30-6-2-4-8-32(30)40(38)39(37)31-7-3-1-5-29(31)33/h7-26H,1-6H3;1-20H;1-20H. The van der Waals surface area contributed by atoms with Crippen LogP contribution in [0.5, 0.6) is 0 Å². The fraction of sp³-hybridized carbons (Fsp3) is 0.0615. The maximum absolute atomic E-state index is 14.0. The van der Waals surface area contributed by atoms with Crippen molar-refractivity contribution >= 4 is 162 Å². The Labute approximate surface area is 805 Å². The molecule has 0 spiro atoms. The van der Waals surface area contributed by atoms with Crippen molar-refractivity contribution in [2.45, 2.75) is 52.4 Å². The summed E-state index contributed by atoms with van der Waals surface area (Å²) in [7, 11) is 0. The number of hydrogen-bond donors (Lipinski definition) is 0. The van der Waals surface area contributed by atoms with Gasteiger partial charge in [-0.2, -0.15) is 42.1 Å². The Morgan fingerprint density at radius 2 is 0.321 bits per heavy atom. The van der Waals surface area contributed by atoms with Crippen LogP contribution in [0.4, 0.5) is 8.78 Å². The van der Waals surface area contributed by atoms with Crippen molar-refractivity contribution in [3.05, 3.63) is 431 Å². The van der Waals surface area contributed by atoms with Crippen molar-refractivity contribution in [2.24, 2.45) is 0 Å². The molecule has 10 heteroatoms. The van der Waals surface area contributed by atoms with Crippen LogP contribution in [0.25, 0.3) is 228 Å². The summed E-state index contributed by atoms with van der Waals surface area (Å²) < 4.78 is 27.9. The summed E-state index contributed by atoms with van der Waals surface area (Å²) in [6.07, 6.45) is 0. The lowest BCUT2D eigenvalue weighted by molar-refractivity contribution is 0.590. The number of nitrogens with zero attached hydrogens (tertiary/aromatic N) is 8. The van der Waals surface area contributed by atoms with E-state index in [9.17, 15) is 50.9 Å². The molecule has 8 nitrogen and oxygen atoms in total. The number of hydrogen-bond acceptors (Lipinski definition) is 8. The third-order valence-electron chi connectivity index (χ3n) is 28.0. The highest BCUT2D eigenvalue weighted by Crippen LogP contribution is 2.53. The molecule has 652 valence electrons. The second-order valence-corrected chi connectivity index (χ2v) is 37.9. The first kappa shape index (κ1) is 86.4. The van der Waals surface area contributed by atoms with Gasteiger partial charge in [0.05, 0.1) is 56.6 Å². The molecule has 0 aliphatic heterocycles. The van der Waals surface area contributed by atoms with Gasteiger partial charge in [-0.1, -0.05) is 284 Å². The molecule has 0 radical (unpaired) electrons. The highest BCUT2D eigenvalue weighted by molar-refractivity contribution is 6.42. The molecule has 0 bridgehead atoms. The van der Waals surface area contributed by atoms with E-state index in [2.05, 4.69) is 272 Å². The minimum Gasteiger partial charge on any atom is -0.207 e. The minimum absolute atomic E-state index is 0.0553. The Morgan fingerprint density at radius 1 is 0.164 bits per heavy atom. The zero-order valence-corrected chi connectivity index (χ0v) is 77.0. The van der Waals surface area contributed by atoms with E-state index in [4.69, 9.17) is 0 Å². The van der Waals surface area contributed by atoms with Crippen LogP contribution in [0.1, 0.15) is 97.2 Å². The second-order valence-electron chi connectivity index (χ2n) is 37.9. The van der Waals surface area contributed by atoms with Gasteiger partial charge in [0.15, 0.2) is 0 Å². The summed E-state index contributed by atoms with van der Waals surface area (Å²) in [5.74, 6) is -0.608. The molecule has 0 atom stereocenters. The van der Waals surface area contributed by atoms with E-state index in [1.54, 1.807) is 24.3 Å². The predicted molar refractivity (Wildman–Crippen MR) is 570 cm³/mol. The Balaban J connectivity index is 0.000000121. The molecule has 0 fully saturated rings. The maximum Gasteiger partial charge on any atom is 0.123 e. The van der Waals surface area contributed by atoms with E-state index in [-0.39, 0.29) is 22.5 Å². The normalized spacial score (nSPS) is 11.5. The van der Waals surface area contributed by atoms with Crippen molar-refractivity contribution in [3.8, 4) is 115 Å². The van der Waals surface area contributed by atoms with Crippen molar-refractivity contribution in [2.75, 3.05) is 0 Å². The molecular formula is C130H78F2N8. The Morgan fingerprint density at radius 3 is 0.479 bits per heavy atom. The first-order valence-electron chi connectivity index (χ1n) is 46.2. The van der Waals surface area contributed by atoms with E-state index in [1.807, 2.05) is 133 Å². The van der Waals surface area contributed by atoms with Crippen LogP contribution < -0.4 is 0 Å². The molecule has 0 saturated heterocycles. The van der Waals surface area contributed by atoms with Crippen LogP contribution in [-0.4, -0.2) is 0 Å². The highest BCUT2D eigenvalue weighted by Gasteiger charge is 2.28. The summed E-state index contributed by atoms with van der Waals surface area (Å²) in [6, 6.07) is 139. The van der Waals surface area contributed by atoms with Gasteiger partial charge in [0.25, 0.3) is 0 Å². The van der Waals surface area contributed by atoms with Crippen molar-refractivity contribution < 1.29 is 8.78 Å². The zero-order valence-electron chi connectivity index (χ0n) is 77.0. The molecule has 0 amide bonds. The zero-order chi connectivity index (χ0) is 96.3. The monoisotopic (exact) mass is 1790 g/mol. The lowest BCUT2D eigenvalue weighted by Crippen LogP contribution is -2.10. The quantitative estimate of drug-likeness (QED) is 0.147. The molecule has 140 heavy (non-hydrogen) atoms. The highest BCUT2D eigenvalue weighted by atomic mass is 19.1. The molecule has 0 unspecified atom stereocenters. The lowest BCUT2D eigenvalue weighted by Gasteiger charge is -2.21. The van der Waals surface area contributed by atoms with Crippen LogP contribution in [-0.2, 0) is 10.8 Å². The van der Waals surface area contributed by atoms with E-state index in [0.29, 0.717) is 44.5 Å². The first-order valence-corrected chi connectivity index (χ1v) is 46.2. The van der Waals surface area contributed by atoms with Crippen LogP contribution in [0.2, 0.25) is 0 Å². The Kier molecular flexibility index (Phi) is 21.1. The van der Waals surface area contributed by atoms with Gasteiger partial charge < -0.3 is 0 Å². The number of rotatable bonds is 6. The number of halogens is 2. The summed E-state index contributed by atoms with van der Waals surface area (Å²) in [5.41, 5.74) is 18.2. The lowest BCUT2D eigenvalue weighted by atomic mass is 9.82. The largest absolute Gasteiger partial charge is 0.207 e. The summed E-state index contributed by atoms with van der Waals surface area (Å²) in [4.78, 5) is 0. The molecular weight excluding hydrogens is 1710 g/mol. The van der Waals surface area contributed by atoms with Crippen LogP contribution in [0.3, 0.4) is 0 Å². The molecule has 24 aromatic carbocycles. The van der Waals surface area contributed by atoms with Crippen molar-refractivity contribution in [1.29, 1.82) is 42.1 Å².